The summed E-state index contributed by atoms with van der Waals surface area (Å²) in [5.41, 5.74) is 15.3. The van der Waals surface area contributed by atoms with E-state index in [-0.39, 0.29) is 5.84 Å². The van der Waals surface area contributed by atoms with E-state index in [2.05, 4.69) is 166 Å². The molecule has 0 atom stereocenters. The van der Waals surface area contributed by atoms with E-state index in [1.165, 1.54) is 52.7 Å². The van der Waals surface area contributed by atoms with Crippen molar-refractivity contribution >= 4 is 104 Å². The van der Waals surface area contributed by atoms with Crippen molar-refractivity contribution in [3.63, 3.8) is 0 Å². The highest BCUT2D eigenvalue weighted by Crippen LogP contribution is 2.44. The average Bonchev–Trinajstić information content (AvgIpc) is 3.88. The van der Waals surface area contributed by atoms with Gasteiger partial charge in [-0.3, -0.25) is 4.99 Å². The number of furan rings is 1. The van der Waals surface area contributed by atoms with Gasteiger partial charge in [0.15, 0.2) is 5.84 Å². The molecule has 0 saturated carbocycles. The monoisotopic (exact) mass is 829 g/mol. The number of fused-ring (bicyclic) bond motifs is 10. The molecule has 0 aliphatic rings. The van der Waals surface area contributed by atoms with Crippen molar-refractivity contribution in [1.82, 2.24) is 0 Å². The van der Waals surface area contributed by atoms with Crippen molar-refractivity contribution in [2.45, 2.75) is 13.5 Å². The molecular formula is C58H43N3OS. The van der Waals surface area contributed by atoms with E-state index >= 15 is 0 Å². The van der Waals surface area contributed by atoms with Gasteiger partial charge in [-0.05, 0) is 97.4 Å². The van der Waals surface area contributed by atoms with Gasteiger partial charge in [0.2, 0.25) is 0 Å². The predicted octanol–water partition coefficient (Wildman–Crippen LogP) is 13.8. The van der Waals surface area contributed by atoms with Gasteiger partial charge in [-0.15, -0.1) is 11.3 Å². The molecule has 0 amide bonds. The predicted molar refractivity (Wildman–Crippen MR) is 273 cm³/mol. The minimum Gasteiger partial charge on any atom is -0.457 e. The maximum atomic E-state index is 7.10. The summed E-state index contributed by atoms with van der Waals surface area (Å²) >= 11 is 1.81. The van der Waals surface area contributed by atoms with Crippen molar-refractivity contribution in [2.75, 3.05) is 0 Å². The summed E-state index contributed by atoms with van der Waals surface area (Å²) in [4.78, 5) is 10.3. The maximum Gasteiger partial charge on any atom is 0.157 e. The van der Waals surface area contributed by atoms with Crippen LogP contribution in [0.5, 0.6) is 0 Å². The summed E-state index contributed by atoms with van der Waals surface area (Å²) in [6.45, 7) is 15.0. The fourth-order valence-electron chi connectivity index (χ4n) is 8.97. The van der Waals surface area contributed by atoms with Crippen LogP contribution in [0.1, 0.15) is 23.6 Å². The SMILES string of the molecule is C=C/C=C\C(=C/C)c1cccc2sc3cccc(-c4ccc5oc(=C)/c(=C(\C=C)C(N)=NC(=NCc6ccccc6)c6ccc7c8ccccc8c8ccccc8c7c6)c5c4)c3c12. The van der Waals surface area contributed by atoms with Crippen LogP contribution >= 0.6 is 11.3 Å². The zero-order valence-corrected chi connectivity index (χ0v) is 35.8. The second-order valence-corrected chi connectivity index (χ2v) is 16.6. The summed E-state index contributed by atoms with van der Waals surface area (Å²) in [6, 6.07) is 53.2. The van der Waals surface area contributed by atoms with E-state index in [9.17, 15) is 0 Å². The minimum atomic E-state index is 0.264. The normalized spacial score (nSPS) is 13.3. The third kappa shape index (κ3) is 6.99. The molecule has 0 radical (unpaired) electrons. The third-order valence-electron chi connectivity index (χ3n) is 11.9. The van der Waals surface area contributed by atoms with Gasteiger partial charge in [0, 0.05) is 41.9 Å². The van der Waals surface area contributed by atoms with Crippen LogP contribution < -0.4 is 16.4 Å². The Labute approximate surface area is 369 Å². The van der Waals surface area contributed by atoms with E-state index in [4.69, 9.17) is 20.1 Å². The van der Waals surface area contributed by atoms with Crippen LogP contribution in [0.25, 0.3) is 92.3 Å². The van der Waals surface area contributed by atoms with Crippen molar-refractivity contribution in [2.24, 2.45) is 15.7 Å². The molecule has 8 aromatic carbocycles. The fourth-order valence-corrected chi connectivity index (χ4v) is 10.1. The second-order valence-electron chi connectivity index (χ2n) is 15.5. The molecule has 0 unspecified atom stereocenters. The van der Waals surface area contributed by atoms with E-state index in [1.807, 2.05) is 36.4 Å². The lowest BCUT2D eigenvalue weighted by Gasteiger charge is -2.12. The van der Waals surface area contributed by atoms with E-state index in [1.54, 1.807) is 17.4 Å². The molecule has 63 heavy (non-hydrogen) atoms. The summed E-state index contributed by atoms with van der Waals surface area (Å²) in [5, 5.41) is 11.1. The van der Waals surface area contributed by atoms with Crippen molar-refractivity contribution in [1.29, 1.82) is 0 Å². The number of thiophene rings is 1. The largest absolute Gasteiger partial charge is 0.457 e. The first-order valence-corrected chi connectivity index (χ1v) is 21.8. The van der Waals surface area contributed by atoms with Crippen LogP contribution in [0.4, 0.5) is 0 Å². The quantitative estimate of drug-likeness (QED) is 0.0682. The Morgan fingerprint density at radius 2 is 1.35 bits per heavy atom. The minimum absolute atomic E-state index is 0.264. The Morgan fingerprint density at radius 1 is 0.683 bits per heavy atom. The molecule has 5 heteroatoms. The molecule has 4 nitrogen and oxygen atoms in total. The number of aliphatic imine (C=N–C) groups is 2. The number of amidine groups is 2. The first kappa shape index (κ1) is 39.3. The average molecular weight is 830 g/mol. The lowest BCUT2D eigenvalue weighted by Crippen LogP contribution is -2.28. The smallest absolute Gasteiger partial charge is 0.157 e. The number of rotatable bonds is 9. The van der Waals surface area contributed by atoms with Gasteiger partial charge in [-0.1, -0.05) is 171 Å². The number of benzene rings is 8. The molecule has 2 N–H and O–H groups in total. The van der Waals surface area contributed by atoms with Gasteiger partial charge in [-0.25, -0.2) is 4.99 Å². The Hall–Kier alpha value is -7.86. The molecule has 10 rings (SSSR count). The number of hydrogen-bond acceptors (Lipinski definition) is 3. The zero-order valence-electron chi connectivity index (χ0n) is 34.9. The van der Waals surface area contributed by atoms with Gasteiger partial charge < -0.3 is 10.2 Å². The number of nitrogens with zero attached hydrogens (tertiary/aromatic N) is 2. The highest BCUT2D eigenvalue weighted by Gasteiger charge is 2.18. The van der Waals surface area contributed by atoms with Crippen LogP contribution in [-0.2, 0) is 6.54 Å². The first-order valence-electron chi connectivity index (χ1n) is 21.0. The standard InChI is InChI=1S/C58H43N3OS/c1-5-8-20-38(6-2)42-25-16-27-52-55(42)56-43(26-17-28-53(56)63-52)39-30-32-51-50(33-39)54(36(4)62-51)41(7-3)57(59)61-58(60-35-37-18-10-9-11-19-37)40-29-31-48-46-23-13-12-21-44(46)45-22-14-15-24-47(45)49(48)34-40/h5-34H,1,3-4,35H2,2H3,(H2,59,60,61)/b20-8-,38-6+,54-41-. The molecule has 0 spiro atoms. The second kappa shape index (κ2) is 16.5. The number of allylic oxidation sites excluding steroid dienone is 5. The Bertz CT molecular complexity index is 3690. The Kier molecular flexibility index (Phi) is 10.3. The summed E-state index contributed by atoms with van der Waals surface area (Å²) in [6.07, 6.45) is 9.81. The fraction of sp³-hybridized carbons (Fsp3) is 0.0345. The molecule has 302 valence electrons. The van der Waals surface area contributed by atoms with Gasteiger partial charge in [0.05, 0.1) is 6.54 Å². The van der Waals surface area contributed by atoms with Crippen molar-refractivity contribution < 1.29 is 4.42 Å². The molecule has 0 saturated heterocycles. The molecule has 0 aliphatic heterocycles. The van der Waals surface area contributed by atoms with Crippen LogP contribution in [0.2, 0.25) is 0 Å². The van der Waals surface area contributed by atoms with Crippen LogP contribution in [0.15, 0.2) is 210 Å². The summed E-state index contributed by atoms with van der Waals surface area (Å²) < 4.78 is 8.80. The molecule has 2 heterocycles. The Morgan fingerprint density at radius 3 is 2.05 bits per heavy atom. The highest BCUT2D eigenvalue weighted by molar-refractivity contribution is 7.26. The summed E-state index contributed by atoms with van der Waals surface area (Å²) in [7, 11) is 0. The van der Waals surface area contributed by atoms with Crippen molar-refractivity contribution in [3.8, 4) is 11.1 Å². The first-order chi connectivity index (χ1) is 30.9. The summed E-state index contributed by atoms with van der Waals surface area (Å²) in [5.74, 6) is 0.782. The van der Waals surface area contributed by atoms with Crippen LogP contribution in [0.3, 0.4) is 0 Å². The molecular weight excluding hydrogens is 787 g/mol. The van der Waals surface area contributed by atoms with Crippen LogP contribution in [-0.4, -0.2) is 11.7 Å². The van der Waals surface area contributed by atoms with E-state index in [0.29, 0.717) is 29.0 Å². The molecule has 0 fully saturated rings. The van der Waals surface area contributed by atoms with E-state index in [0.717, 1.165) is 43.8 Å². The zero-order chi connectivity index (χ0) is 43.0. The van der Waals surface area contributed by atoms with Gasteiger partial charge in [-0.2, -0.15) is 0 Å². The van der Waals surface area contributed by atoms with Gasteiger partial charge in [0.1, 0.15) is 16.8 Å². The third-order valence-corrected chi connectivity index (χ3v) is 13.0. The topological polar surface area (TPSA) is 63.9 Å². The van der Waals surface area contributed by atoms with Crippen molar-refractivity contribution in [3.05, 3.63) is 223 Å². The highest BCUT2D eigenvalue weighted by atomic mass is 32.1. The molecule has 2 aromatic heterocycles. The lowest BCUT2D eigenvalue weighted by atomic mass is 9.93. The number of hydrogen-bond donors (Lipinski definition) is 1. The molecule has 0 aliphatic carbocycles. The van der Waals surface area contributed by atoms with Gasteiger partial charge >= 0.3 is 0 Å². The number of nitrogens with two attached hydrogens (primary N) is 1. The van der Waals surface area contributed by atoms with Gasteiger partial charge in [0.25, 0.3) is 0 Å². The van der Waals surface area contributed by atoms with Crippen LogP contribution in [0, 0.1) is 0 Å². The molecule has 0 bridgehead atoms. The lowest BCUT2D eigenvalue weighted by molar-refractivity contribution is 0.577. The maximum absolute atomic E-state index is 7.10. The Balaban J connectivity index is 1.16. The van der Waals surface area contributed by atoms with E-state index < -0.39 is 0 Å². The molecule has 10 aromatic rings.